The van der Waals surface area contributed by atoms with E-state index in [4.69, 9.17) is 0 Å². The van der Waals surface area contributed by atoms with E-state index < -0.39 is 0 Å². The molecule has 38 heavy (non-hydrogen) atoms. The molecule has 0 aromatic heterocycles. The number of aryl methyl sites for hydroxylation is 1. The fourth-order valence-electron chi connectivity index (χ4n) is 7.84. The second kappa shape index (κ2) is 7.00. The van der Waals surface area contributed by atoms with Gasteiger partial charge in [-0.3, -0.25) is 0 Å². The molecule has 0 saturated heterocycles. The van der Waals surface area contributed by atoms with Gasteiger partial charge in [-0.25, -0.2) is 0 Å². The van der Waals surface area contributed by atoms with E-state index in [2.05, 4.69) is 134 Å². The van der Waals surface area contributed by atoms with Crippen LogP contribution in [0.15, 0.2) is 127 Å². The summed E-state index contributed by atoms with van der Waals surface area (Å²) in [7, 11) is 0. The van der Waals surface area contributed by atoms with E-state index in [1.54, 1.807) is 0 Å². The maximum atomic E-state index is 2.50. The van der Waals surface area contributed by atoms with Crippen LogP contribution in [0.5, 0.6) is 0 Å². The van der Waals surface area contributed by atoms with Gasteiger partial charge < -0.3 is 0 Å². The Labute approximate surface area is 221 Å². The number of fused-ring (bicyclic) bond motifs is 17. The summed E-state index contributed by atoms with van der Waals surface area (Å²) in [5, 5.41) is 8.04. The number of hydrogen-bond donors (Lipinski definition) is 0. The van der Waals surface area contributed by atoms with Crippen LogP contribution in [0, 0.1) is 6.92 Å². The third-order valence-electron chi connectivity index (χ3n) is 9.17. The quantitative estimate of drug-likeness (QED) is 0.189. The lowest BCUT2D eigenvalue weighted by Gasteiger charge is -2.32. The first-order chi connectivity index (χ1) is 18.8. The van der Waals surface area contributed by atoms with Crippen LogP contribution in [0.3, 0.4) is 0 Å². The first-order valence-electron chi connectivity index (χ1n) is 13.5. The summed E-state index contributed by atoms with van der Waals surface area (Å²) in [6, 6.07) is 47.8. The monoisotopic (exact) mass is 480 g/mol. The average Bonchev–Trinajstić information content (AvgIpc) is 3.45. The molecule has 1 spiro atoms. The number of rotatable bonds is 0. The Morgan fingerprint density at radius 3 is 1.47 bits per heavy atom. The SMILES string of the molecule is Cc1cc2c(c3ccccc13)-c1c(c3ccccc3c3ccccc13)C21c2ccccc2-c2ccccc21. The van der Waals surface area contributed by atoms with Crippen LogP contribution in [0.2, 0.25) is 0 Å². The van der Waals surface area contributed by atoms with Crippen molar-refractivity contribution in [2.45, 2.75) is 12.3 Å². The van der Waals surface area contributed by atoms with E-state index >= 15 is 0 Å². The third kappa shape index (κ3) is 2.20. The Kier molecular flexibility index (Phi) is 3.75. The Bertz CT molecular complexity index is 2100. The minimum Gasteiger partial charge on any atom is -0.0619 e. The van der Waals surface area contributed by atoms with E-state index in [0.29, 0.717) is 0 Å². The molecular weight excluding hydrogens is 456 g/mol. The van der Waals surface area contributed by atoms with Crippen LogP contribution in [0.4, 0.5) is 0 Å². The van der Waals surface area contributed by atoms with E-state index in [1.807, 2.05) is 0 Å². The van der Waals surface area contributed by atoms with Gasteiger partial charge in [0.15, 0.2) is 0 Å². The molecule has 0 saturated carbocycles. The van der Waals surface area contributed by atoms with Gasteiger partial charge in [0.1, 0.15) is 0 Å². The highest BCUT2D eigenvalue weighted by molar-refractivity contribution is 6.23. The molecule has 7 aromatic carbocycles. The van der Waals surface area contributed by atoms with Gasteiger partial charge in [0.05, 0.1) is 5.41 Å². The zero-order valence-corrected chi connectivity index (χ0v) is 21.1. The van der Waals surface area contributed by atoms with Gasteiger partial charge in [-0.1, -0.05) is 127 Å². The molecule has 0 unspecified atom stereocenters. The topological polar surface area (TPSA) is 0 Å². The molecule has 0 fully saturated rings. The van der Waals surface area contributed by atoms with Gasteiger partial charge in [-0.2, -0.15) is 0 Å². The lowest BCUT2D eigenvalue weighted by atomic mass is 9.68. The standard InChI is InChI=1S/C38H24/c1-23-22-34-35(29-17-5-2-12-24(23)29)36-30-18-6-3-13-25(30)26-14-4-7-19-31(26)37(36)38(34)32-20-10-8-15-27(32)28-16-9-11-21-33(28)38/h2-22H,1H3. The summed E-state index contributed by atoms with van der Waals surface area (Å²) in [6.07, 6.45) is 0. The molecule has 9 rings (SSSR count). The van der Waals surface area contributed by atoms with Crippen molar-refractivity contribution in [2.24, 2.45) is 0 Å². The van der Waals surface area contributed by atoms with Crippen molar-refractivity contribution in [2.75, 3.05) is 0 Å². The minimum absolute atomic E-state index is 0.365. The zero-order valence-electron chi connectivity index (χ0n) is 21.1. The highest BCUT2D eigenvalue weighted by atomic mass is 14.5. The van der Waals surface area contributed by atoms with Crippen molar-refractivity contribution in [1.29, 1.82) is 0 Å². The van der Waals surface area contributed by atoms with Crippen molar-refractivity contribution in [3.63, 3.8) is 0 Å². The van der Waals surface area contributed by atoms with E-state index in [-0.39, 0.29) is 5.41 Å². The molecule has 7 aromatic rings. The van der Waals surface area contributed by atoms with E-state index in [9.17, 15) is 0 Å². The van der Waals surface area contributed by atoms with Crippen LogP contribution < -0.4 is 0 Å². The van der Waals surface area contributed by atoms with E-state index in [1.165, 1.54) is 82.4 Å². The molecule has 0 N–H and O–H groups in total. The summed E-state index contributed by atoms with van der Waals surface area (Å²) < 4.78 is 0. The van der Waals surface area contributed by atoms with Crippen molar-refractivity contribution < 1.29 is 0 Å². The number of hydrogen-bond acceptors (Lipinski definition) is 0. The average molecular weight is 481 g/mol. The summed E-state index contributed by atoms with van der Waals surface area (Å²) >= 11 is 0. The summed E-state index contributed by atoms with van der Waals surface area (Å²) in [4.78, 5) is 0. The van der Waals surface area contributed by atoms with Crippen molar-refractivity contribution in [3.05, 3.63) is 155 Å². The molecule has 0 amide bonds. The van der Waals surface area contributed by atoms with Crippen LogP contribution in [0.25, 0.3) is 54.6 Å². The highest BCUT2D eigenvalue weighted by Crippen LogP contribution is 2.66. The molecule has 0 atom stereocenters. The second-order valence-corrected chi connectivity index (χ2v) is 10.8. The smallest absolute Gasteiger partial charge is 0.0619 e. The van der Waals surface area contributed by atoms with Crippen LogP contribution >= 0.6 is 0 Å². The Hall–Kier alpha value is -4.68. The minimum atomic E-state index is -0.365. The van der Waals surface area contributed by atoms with Gasteiger partial charge in [-0.05, 0) is 89.3 Å². The van der Waals surface area contributed by atoms with Gasteiger partial charge >= 0.3 is 0 Å². The molecule has 0 heteroatoms. The fraction of sp³-hybridized carbons (Fsp3) is 0.0526. The molecule has 176 valence electrons. The predicted octanol–water partition coefficient (Wildman–Crippen LogP) is 9.80. The summed E-state index contributed by atoms with van der Waals surface area (Å²) in [5.74, 6) is 0. The molecule has 2 aliphatic rings. The predicted molar refractivity (Wildman–Crippen MR) is 160 cm³/mol. The lowest BCUT2D eigenvalue weighted by molar-refractivity contribution is 0.801. The van der Waals surface area contributed by atoms with Gasteiger partial charge in [-0.15, -0.1) is 0 Å². The van der Waals surface area contributed by atoms with Crippen molar-refractivity contribution in [1.82, 2.24) is 0 Å². The van der Waals surface area contributed by atoms with Gasteiger partial charge in [0.25, 0.3) is 0 Å². The lowest BCUT2D eigenvalue weighted by Crippen LogP contribution is -2.26. The third-order valence-corrected chi connectivity index (χ3v) is 9.17. The largest absolute Gasteiger partial charge is 0.0732 e. The fourth-order valence-corrected chi connectivity index (χ4v) is 7.84. The molecule has 2 aliphatic carbocycles. The molecular formula is C38H24. The molecule has 0 aliphatic heterocycles. The zero-order chi connectivity index (χ0) is 25.0. The Morgan fingerprint density at radius 1 is 0.395 bits per heavy atom. The van der Waals surface area contributed by atoms with Crippen molar-refractivity contribution >= 4 is 32.3 Å². The summed E-state index contributed by atoms with van der Waals surface area (Å²) in [6.45, 7) is 2.28. The maximum absolute atomic E-state index is 2.50. The Balaban J connectivity index is 1.66. The summed E-state index contributed by atoms with van der Waals surface area (Å²) in [5.41, 5.74) is 12.1. The second-order valence-electron chi connectivity index (χ2n) is 10.8. The van der Waals surface area contributed by atoms with Gasteiger partial charge in [0, 0.05) is 0 Å². The van der Waals surface area contributed by atoms with Crippen molar-refractivity contribution in [3.8, 4) is 22.3 Å². The van der Waals surface area contributed by atoms with Crippen LogP contribution in [0.1, 0.15) is 27.8 Å². The highest BCUT2D eigenvalue weighted by Gasteiger charge is 2.53. The molecule has 0 bridgehead atoms. The molecule has 0 heterocycles. The van der Waals surface area contributed by atoms with Gasteiger partial charge in [0.2, 0.25) is 0 Å². The normalized spacial score (nSPS) is 14.1. The molecule has 0 radical (unpaired) electrons. The first-order valence-corrected chi connectivity index (χ1v) is 13.5. The van der Waals surface area contributed by atoms with E-state index in [0.717, 1.165) is 0 Å². The molecule has 0 nitrogen and oxygen atoms in total. The maximum Gasteiger partial charge on any atom is 0.0732 e. The number of benzene rings is 7. The Morgan fingerprint density at radius 2 is 0.842 bits per heavy atom. The van der Waals surface area contributed by atoms with Crippen LogP contribution in [-0.4, -0.2) is 0 Å². The first kappa shape index (κ1) is 20.4. The van der Waals surface area contributed by atoms with Crippen LogP contribution in [-0.2, 0) is 5.41 Å².